The van der Waals surface area contributed by atoms with Crippen molar-refractivity contribution in [1.29, 1.82) is 0 Å². The van der Waals surface area contributed by atoms with Crippen LogP contribution in [0.15, 0.2) is 54.1 Å². The highest BCUT2D eigenvalue weighted by molar-refractivity contribution is 6.04. The zero-order valence-electron chi connectivity index (χ0n) is 15.5. The average molecular weight is 366 g/mol. The summed E-state index contributed by atoms with van der Waals surface area (Å²) in [5, 5.41) is 5.62. The maximum absolute atomic E-state index is 12.8. The Kier molecular flexibility index (Phi) is 5.45. The molecule has 0 bridgehead atoms. The summed E-state index contributed by atoms with van der Waals surface area (Å²) < 4.78 is 10.5. The first-order valence-electron chi connectivity index (χ1n) is 8.74. The van der Waals surface area contributed by atoms with E-state index >= 15 is 0 Å². The summed E-state index contributed by atoms with van der Waals surface area (Å²) in [6.45, 7) is 3.94. The number of amides is 2. The summed E-state index contributed by atoms with van der Waals surface area (Å²) in [5.74, 6) is 0.219. The van der Waals surface area contributed by atoms with Crippen LogP contribution in [0.25, 0.3) is 5.70 Å². The van der Waals surface area contributed by atoms with Crippen LogP contribution in [0.4, 0.5) is 4.79 Å². The van der Waals surface area contributed by atoms with E-state index in [9.17, 15) is 9.59 Å². The molecule has 6 heteroatoms. The molecule has 6 nitrogen and oxygen atoms in total. The molecule has 140 valence electrons. The number of nitrogens with one attached hydrogen (secondary N) is 2. The lowest BCUT2D eigenvalue weighted by Crippen LogP contribution is -2.45. The van der Waals surface area contributed by atoms with Gasteiger partial charge in [0.25, 0.3) is 0 Å². The molecule has 1 aliphatic heterocycles. The van der Waals surface area contributed by atoms with Crippen molar-refractivity contribution >= 4 is 17.7 Å². The molecule has 2 amide bonds. The Labute approximate surface area is 158 Å². The number of ether oxygens (including phenoxy) is 2. The normalized spacial score (nSPS) is 16.4. The number of hydrogen-bond donors (Lipinski definition) is 2. The van der Waals surface area contributed by atoms with Gasteiger partial charge in [0.1, 0.15) is 5.75 Å². The fourth-order valence-electron chi connectivity index (χ4n) is 3.12. The Morgan fingerprint density at radius 3 is 2.44 bits per heavy atom. The van der Waals surface area contributed by atoms with E-state index in [1.807, 2.05) is 31.2 Å². The molecule has 0 fully saturated rings. The average Bonchev–Trinajstić information content (AvgIpc) is 2.68. The molecule has 1 atom stereocenters. The smallest absolute Gasteiger partial charge is 0.338 e. The van der Waals surface area contributed by atoms with E-state index in [1.54, 1.807) is 38.3 Å². The van der Waals surface area contributed by atoms with Crippen molar-refractivity contribution in [3.8, 4) is 5.75 Å². The van der Waals surface area contributed by atoms with Crippen LogP contribution in [-0.4, -0.2) is 25.7 Å². The summed E-state index contributed by atoms with van der Waals surface area (Å²) in [6.07, 6.45) is 0. The Morgan fingerprint density at radius 2 is 1.81 bits per heavy atom. The van der Waals surface area contributed by atoms with E-state index < -0.39 is 12.0 Å². The molecule has 0 saturated carbocycles. The number of methoxy groups -OCH3 is 1. The summed E-state index contributed by atoms with van der Waals surface area (Å²) >= 11 is 0. The van der Waals surface area contributed by atoms with E-state index in [0.29, 0.717) is 22.6 Å². The lowest BCUT2D eigenvalue weighted by atomic mass is 9.90. The second-order valence-electron chi connectivity index (χ2n) is 6.13. The van der Waals surface area contributed by atoms with E-state index in [1.165, 1.54) is 0 Å². The number of urea groups is 1. The fraction of sp³-hybridized carbons (Fsp3) is 0.238. The van der Waals surface area contributed by atoms with E-state index in [-0.39, 0.29) is 12.6 Å². The topological polar surface area (TPSA) is 76.7 Å². The van der Waals surface area contributed by atoms with Crippen molar-refractivity contribution in [2.24, 2.45) is 0 Å². The maximum atomic E-state index is 12.8. The summed E-state index contributed by atoms with van der Waals surface area (Å²) in [6, 6.07) is 13.8. The van der Waals surface area contributed by atoms with Gasteiger partial charge in [0.05, 0.1) is 31.0 Å². The maximum Gasteiger partial charge on any atom is 0.338 e. The Hall–Kier alpha value is -3.28. The van der Waals surface area contributed by atoms with Crippen molar-refractivity contribution in [2.45, 2.75) is 19.9 Å². The van der Waals surface area contributed by atoms with Crippen molar-refractivity contribution in [2.75, 3.05) is 13.7 Å². The predicted octanol–water partition coefficient (Wildman–Crippen LogP) is 3.33. The molecule has 1 heterocycles. The molecule has 2 aromatic carbocycles. The summed E-state index contributed by atoms with van der Waals surface area (Å²) in [7, 11) is 1.58. The lowest BCUT2D eigenvalue weighted by Gasteiger charge is -2.30. The van der Waals surface area contributed by atoms with Gasteiger partial charge in [-0.25, -0.2) is 9.59 Å². The molecule has 1 unspecified atom stereocenters. The first-order valence-corrected chi connectivity index (χ1v) is 8.74. The zero-order chi connectivity index (χ0) is 19.4. The van der Waals surface area contributed by atoms with Gasteiger partial charge in [-0.3, -0.25) is 0 Å². The standard InChI is InChI=1S/C21H22N2O4/c1-4-27-20(24)17-18(14-9-11-15(26-3)12-10-14)22-21(25)23-19(17)16-8-6-5-7-13(16)2/h5-12,19H,4H2,1-3H3,(H2,22,23,25). The van der Waals surface area contributed by atoms with Gasteiger partial charge >= 0.3 is 12.0 Å². The van der Waals surface area contributed by atoms with Gasteiger partial charge < -0.3 is 20.1 Å². The second-order valence-corrected chi connectivity index (χ2v) is 6.13. The largest absolute Gasteiger partial charge is 0.497 e. The van der Waals surface area contributed by atoms with Gasteiger partial charge in [0, 0.05) is 0 Å². The first kappa shape index (κ1) is 18.5. The van der Waals surface area contributed by atoms with Crippen LogP contribution in [0, 0.1) is 6.92 Å². The molecule has 0 spiro atoms. The zero-order valence-corrected chi connectivity index (χ0v) is 15.5. The van der Waals surface area contributed by atoms with Gasteiger partial charge in [-0.05, 0) is 54.8 Å². The third-order valence-corrected chi connectivity index (χ3v) is 4.45. The molecule has 2 aromatic rings. The van der Waals surface area contributed by atoms with Gasteiger partial charge in [-0.2, -0.15) is 0 Å². The van der Waals surface area contributed by atoms with Crippen LogP contribution in [0.5, 0.6) is 5.75 Å². The molecular weight excluding hydrogens is 344 g/mol. The van der Waals surface area contributed by atoms with Gasteiger partial charge in [0.2, 0.25) is 0 Å². The van der Waals surface area contributed by atoms with E-state index in [2.05, 4.69) is 10.6 Å². The molecule has 0 aliphatic carbocycles. The molecule has 3 rings (SSSR count). The Balaban J connectivity index is 2.18. The van der Waals surface area contributed by atoms with Gasteiger partial charge in [-0.1, -0.05) is 24.3 Å². The third-order valence-electron chi connectivity index (χ3n) is 4.45. The molecule has 0 saturated heterocycles. The van der Waals surface area contributed by atoms with Crippen LogP contribution in [0.2, 0.25) is 0 Å². The Bertz CT molecular complexity index is 887. The van der Waals surface area contributed by atoms with Crippen molar-refractivity contribution in [1.82, 2.24) is 10.6 Å². The first-order chi connectivity index (χ1) is 13.0. The molecule has 0 aromatic heterocycles. The van der Waals surface area contributed by atoms with Crippen LogP contribution >= 0.6 is 0 Å². The van der Waals surface area contributed by atoms with E-state index in [0.717, 1.165) is 11.1 Å². The highest BCUT2D eigenvalue weighted by atomic mass is 16.5. The number of benzene rings is 2. The van der Waals surface area contributed by atoms with E-state index in [4.69, 9.17) is 9.47 Å². The number of rotatable bonds is 5. The molecular formula is C21H22N2O4. The number of hydrogen-bond acceptors (Lipinski definition) is 4. The highest BCUT2D eigenvalue weighted by Crippen LogP contribution is 2.33. The summed E-state index contributed by atoms with van der Waals surface area (Å²) in [5.41, 5.74) is 3.33. The minimum Gasteiger partial charge on any atom is -0.497 e. The van der Waals surface area contributed by atoms with Gasteiger partial charge in [-0.15, -0.1) is 0 Å². The quantitative estimate of drug-likeness (QED) is 0.796. The van der Waals surface area contributed by atoms with Crippen LogP contribution in [0.3, 0.4) is 0 Å². The number of aryl methyl sites for hydroxylation is 1. The van der Waals surface area contributed by atoms with Crippen molar-refractivity contribution in [3.05, 3.63) is 70.8 Å². The fourth-order valence-corrected chi connectivity index (χ4v) is 3.12. The van der Waals surface area contributed by atoms with Crippen molar-refractivity contribution < 1.29 is 19.1 Å². The van der Waals surface area contributed by atoms with Crippen LogP contribution in [0.1, 0.15) is 29.7 Å². The lowest BCUT2D eigenvalue weighted by molar-refractivity contribution is -0.138. The molecule has 1 aliphatic rings. The molecule has 27 heavy (non-hydrogen) atoms. The summed E-state index contributed by atoms with van der Waals surface area (Å²) in [4.78, 5) is 25.2. The van der Waals surface area contributed by atoms with Crippen molar-refractivity contribution in [3.63, 3.8) is 0 Å². The third kappa shape index (κ3) is 3.79. The predicted molar refractivity (Wildman–Crippen MR) is 102 cm³/mol. The minimum absolute atomic E-state index is 0.243. The Morgan fingerprint density at radius 1 is 1.11 bits per heavy atom. The second kappa shape index (κ2) is 7.95. The SMILES string of the molecule is CCOC(=O)C1=C(c2ccc(OC)cc2)NC(=O)NC1c1ccccc1C. The number of esters is 1. The highest BCUT2D eigenvalue weighted by Gasteiger charge is 2.34. The number of carbonyl (C=O) groups is 2. The molecule has 0 radical (unpaired) electrons. The number of carbonyl (C=O) groups excluding carboxylic acids is 2. The van der Waals surface area contributed by atoms with Crippen LogP contribution in [-0.2, 0) is 9.53 Å². The minimum atomic E-state index is -0.601. The monoisotopic (exact) mass is 366 g/mol. The van der Waals surface area contributed by atoms with Gasteiger partial charge in [0.15, 0.2) is 0 Å². The van der Waals surface area contributed by atoms with Crippen LogP contribution < -0.4 is 15.4 Å². The molecule has 2 N–H and O–H groups in total.